The topological polar surface area (TPSA) is 24.9 Å². The zero-order valence-electron chi connectivity index (χ0n) is 10.0. The predicted octanol–water partition coefficient (Wildman–Crippen LogP) is 3.25. The van der Waals surface area contributed by atoms with Crippen LogP contribution in [0.25, 0.3) is 0 Å². The third kappa shape index (κ3) is 3.75. The molecule has 0 spiro atoms. The first-order chi connectivity index (χ1) is 7.79. The van der Waals surface area contributed by atoms with Crippen LogP contribution < -0.4 is 5.32 Å². The van der Waals surface area contributed by atoms with Crippen LogP contribution in [-0.4, -0.2) is 22.5 Å². The third-order valence-corrected chi connectivity index (χ3v) is 5.00. The smallest absolute Gasteiger partial charge is 0.0959 e. The molecular weight excluding hydrogens is 236 g/mol. The molecule has 90 valence electrons. The molecule has 2 nitrogen and oxygen atoms in total. The maximum absolute atomic E-state index is 4.49. The summed E-state index contributed by atoms with van der Waals surface area (Å²) in [6.07, 6.45) is 4.75. The summed E-state index contributed by atoms with van der Waals surface area (Å²) in [5, 5.41) is 4.91. The average molecular weight is 256 g/mol. The molecule has 4 heteroatoms. The maximum atomic E-state index is 4.49. The van der Waals surface area contributed by atoms with Gasteiger partial charge in [-0.15, -0.1) is 11.3 Å². The standard InChI is InChI=1S/C12H20N2S2/c1-3-15-8-9(2)13-6-11-7-14-12(16-11)10-4-5-10/h7,9-10,13H,3-6,8H2,1-2H3. The highest BCUT2D eigenvalue weighted by Gasteiger charge is 2.26. The van der Waals surface area contributed by atoms with Gasteiger partial charge in [-0.25, -0.2) is 4.98 Å². The van der Waals surface area contributed by atoms with Gasteiger partial charge in [0.15, 0.2) is 0 Å². The van der Waals surface area contributed by atoms with Crippen molar-refractivity contribution in [2.75, 3.05) is 11.5 Å². The molecule has 1 saturated carbocycles. The predicted molar refractivity (Wildman–Crippen MR) is 73.4 cm³/mol. The summed E-state index contributed by atoms with van der Waals surface area (Å²) in [6.45, 7) is 5.45. The van der Waals surface area contributed by atoms with E-state index in [4.69, 9.17) is 0 Å². The Labute approximate surface area is 106 Å². The minimum atomic E-state index is 0.594. The first kappa shape index (κ1) is 12.4. The number of hydrogen-bond acceptors (Lipinski definition) is 4. The van der Waals surface area contributed by atoms with Crippen molar-refractivity contribution in [1.29, 1.82) is 0 Å². The molecule has 1 atom stereocenters. The Balaban J connectivity index is 1.71. The molecule has 1 aliphatic rings. The highest BCUT2D eigenvalue weighted by molar-refractivity contribution is 7.99. The summed E-state index contributed by atoms with van der Waals surface area (Å²) in [5.74, 6) is 3.20. The zero-order chi connectivity index (χ0) is 11.4. The number of thiazole rings is 1. The van der Waals surface area contributed by atoms with Crippen LogP contribution in [0.4, 0.5) is 0 Å². The Bertz CT molecular complexity index is 321. The van der Waals surface area contributed by atoms with Crippen molar-refractivity contribution in [1.82, 2.24) is 10.3 Å². The number of nitrogens with one attached hydrogen (secondary N) is 1. The lowest BCUT2D eigenvalue weighted by Crippen LogP contribution is -2.27. The molecular formula is C12H20N2S2. The van der Waals surface area contributed by atoms with Gasteiger partial charge in [-0.05, 0) is 25.5 Å². The van der Waals surface area contributed by atoms with Crippen LogP contribution in [0.15, 0.2) is 6.20 Å². The normalized spacial score (nSPS) is 17.6. The van der Waals surface area contributed by atoms with E-state index in [0.29, 0.717) is 6.04 Å². The van der Waals surface area contributed by atoms with E-state index in [-0.39, 0.29) is 0 Å². The van der Waals surface area contributed by atoms with Crippen molar-refractivity contribution in [3.05, 3.63) is 16.1 Å². The fourth-order valence-corrected chi connectivity index (χ4v) is 3.30. The minimum Gasteiger partial charge on any atom is -0.309 e. The SMILES string of the molecule is CCSCC(C)NCc1cnc(C2CC2)s1. The molecule has 1 fully saturated rings. The summed E-state index contributed by atoms with van der Waals surface area (Å²) in [5.41, 5.74) is 0. The van der Waals surface area contributed by atoms with E-state index in [1.54, 1.807) is 0 Å². The largest absolute Gasteiger partial charge is 0.309 e. The van der Waals surface area contributed by atoms with Gasteiger partial charge in [0.05, 0.1) is 5.01 Å². The molecule has 1 N–H and O–H groups in total. The van der Waals surface area contributed by atoms with Crippen molar-refractivity contribution in [2.45, 2.75) is 45.2 Å². The first-order valence-corrected chi connectivity index (χ1v) is 8.02. The van der Waals surface area contributed by atoms with Crippen molar-refractivity contribution >= 4 is 23.1 Å². The number of hydrogen-bond donors (Lipinski definition) is 1. The fourth-order valence-electron chi connectivity index (χ4n) is 1.55. The Hall–Kier alpha value is -0.0600. The quantitative estimate of drug-likeness (QED) is 0.810. The van der Waals surface area contributed by atoms with E-state index in [1.165, 1.54) is 34.2 Å². The summed E-state index contributed by atoms with van der Waals surface area (Å²) in [4.78, 5) is 5.88. The van der Waals surface area contributed by atoms with Crippen LogP contribution in [0.3, 0.4) is 0 Å². The molecule has 0 aromatic carbocycles. The molecule has 0 amide bonds. The van der Waals surface area contributed by atoms with Gasteiger partial charge in [0.2, 0.25) is 0 Å². The third-order valence-electron chi connectivity index (χ3n) is 2.69. The highest BCUT2D eigenvalue weighted by atomic mass is 32.2. The van der Waals surface area contributed by atoms with Crippen LogP contribution in [0.5, 0.6) is 0 Å². The number of aromatic nitrogens is 1. The Morgan fingerprint density at radius 3 is 3.12 bits per heavy atom. The average Bonchev–Trinajstić information content (AvgIpc) is 3.03. The molecule has 1 unspecified atom stereocenters. The monoisotopic (exact) mass is 256 g/mol. The lowest BCUT2D eigenvalue weighted by Gasteiger charge is -2.11. The van der Waals surface area contributed by atoms with Gasteiger partial charge in [-0.2, -0.15) is 11.8 Å². The number of nitrogens with zero attached hydrogens (tertiary/aromatic N) is 1. The van der Waals surface area contributed by atoms with E-state index >= 15 is 0 Å². The van der Waals surface area contributed by atoms with Crippen molar-refractivity contribution in [3.8, 4) is 0 Å². The first-order valence-electron chi connectivity index (χ1n) is 6.05. The Morgan fingerprint density at radius 1 is 1.62 bits per heavy atom. The molecule has 0 aliphatic heterocycles. The molecule has 16 heavy (non-hydrogen) atoms. The molecule has 1 aromatic heterocycles. The molecule has 1 aliphatic carbocycles. The zero-order valence-corrected chi connectivity index (χ0v) is 11.7. The summed E-state index contributed by atoms with van der Waals surface area (Å²) >= 11 is 3.89. The van der Waals surface area contributed by atoms with E-state index < -0.39 is 0 Å². The fraction of sp³-hybridized carbons (Fsp3) is 0.750. The van der Waals surface area contributed by atoms with Crippen molar-refractivity contribution < 1.29 is 0 Å². The van der Waals surface area contributed by atoms with Crippen LogP contribution in [0, 0.1) is 0 Å². The van der Waals surface area contributed by atoms with Gasteiger partial charge in [0, 0.05) is 35.3 Å². The summed E-state index contributed by atoms with van der Waals surface area (Å²) in [7, 11) is 0. The second-order valence-electron chi connectivity index (χ2n) is 4.38. The lowest BCUT2D eigenvalue weighted by molar-refractivity contribution is 0.600. The maximum Gasteiger partial charge on any atom is 0.0959 e. The van der Waals surface area contributed by atoms with Crippen LogP contribution in [0.1, 0.15) is 42.5 Å². The van der Waals surface area contributed by atoms with Crippen molar-refractivity contribution in [3.63, 3.8) is 0 Å². The molecule has 1 aromatic rings. The van der Waals surface area contributed by atoms with E-state index in [0.717, 1.165) is 12.5 Å². The molecule has 0 bridgehead atoms. The van der Waals surface area contributed by atoms with E-state index in [1.807, 2.05) is 29.3 Å². The number of rotatable bonds is 7. The summed E-state index contributed by atoms with van der Waals surface area (Å²) < 4.78 is 0. The Kier molecular flexibility index (Phi) is 4.67. The van der Waals surface area contributed by atoms with E-state index in [2.05, 4.69) is 24.1 Å². The van der Waals surface area contributed by atoms with Crippen molar-refractivity contribution in [2.24, 2.45) is 0 Å². The second kappa shape index (κ2) is 6.03. The lowest BCUT2D eigenvalue weighted by atomic mass is 10.4. The van der Waals surface area contributed by atoms with Crippen LogP contribution >= 0.6 is 23.1 Å². The van der Waals surface area contributed by atoms with Gasteiger partial charge in [0.25, 0.3) is 0 Å². The Morgan fingerprint density at radius 2 is 2.44 bits per heavy atom. The van der Waals surface area contributed by atoms with E-state index in [9.17, 15) is 0 Å². The van der Waals surface area contributed by atoms with Crippen LogP contribution in [-0.2, 0) is 6.54 Å². The highest BCUT2D eigenvalue weighted by Crippen LogP contribution is 2.41. The number of thioether (sulfide) groups is 1. The van der Waals surface area contributed by atoms with Gasteiger partial charge < -0.3 is 5.32 Å². The van der Waals surface area contributed by atoms with Crippen LogP contribution in [0.2, 0.25) is 0 Å². The van der Waals surface area contributed by atoms with Gasteiger partial charge >= 0.3 is 0 Å². The van der Waals surface area contributed by atoms with Gasteiger partial charge in [0.1, 0.15) is 0 Å². The molecule has 2 rings (SSSR count). The second-order valence-corrected chi connectivity index (χ2v) is 6.85. The van der Waals surface area contributed by atoms with Gasteiger partial charge in [-0.3, -0.25) is 0 Å². The minimum absolute atomic E-state index is 0.594. The molecule has 0 radical (unpaired) electrons. The summed E-state index contributed by atoms with van der Waals surface area (Å²) in [6, 6.07) is 0.594. The molecule has 1 heterocycles. The molecule has 0 saturated heterocycles. The van der Waals surface area contributed by atoms with Gasteiger partial charge in [-0.1, -0.05) is 6.92 Å².